The molecule has 2 atom stereocenters. The van der Waals surface area contributed by atoms with Crippen LogP contribution in [-0.4, -0.2) is 35.8 Å². The average molecular weight is 494 g/mol. The average Bonchev–Trinajstić information content (AvgIpc) is 3.36. The van der Waals surface area contributed by atoms with Gasteiger partial charge in [-0.05, 0) is 67.4 Å². The topological polar surface area (TPSA) is 111 Å². The highest BCUT2D eigenvalue weighted by molar-refractivity contribution is 6.03. The zero-order valence-electron chi connectivity index (χ0n) is 21.0. The van der Waals surface area contributed by atoms with Gasteiger partial charge in [0.25, 0.3) is 0 Å². The van der Waals surface area contributed by atoms with E-state index < -0.39 is 0 Å². The fourth-order valence-corrected chi connectivity index (χ4v) is 4.53. The zero-order chi connectivity index (χ0) is 26.4. The van der Waals surface area contributed by atoms with Crippen molar-refractivity contribution >= 4 is 35.0 Å². The Morgan fingerprint density at radius 2 is 1.70 bits per heavy atom. The third kappa shape index (κ3) is 6.43. The van der Waals surface area contributed by atoms with Crippen LogP contribution in [0.15, 0.2) is 78.9 Å². The van der Waals surface area contributed by atoms with E-state index in [1.165, 1.54) is 6.08 Å². The van der Waals surface area contributed by atoms with Crippen LogP contribution in [0.4, 0.5) is 17.1 Å². The minimum atomic E-state index is -0.259. The Morgan fingerprint density at radius 1 is 1.00 bits per heavy atom. The molecular weight excluding hydrogens is 462 g/mol. The second-order valence-corrected chi connectivity index (χ2v) is 9.52. The van der Waals surface area contributed by atoms with E-state index in [4.69, 9.17) is 11.0 Å². The molecule has 7 nitrogen and oxygen atoms in total. The molecule has 4 rings (SSSR count). The minimum absolute atomic E-state index is 0.0290. The number of anilines is 3. The number of nitrogen functional groups attached to an aromatic ring is 1. The predicted octanol–water partition coefficient (Wildman–Crippen LogP) is 4.85. The maximum atomic E-state index is 13.3. The number of amides is 2. The lowest BCUT2D eigenvalue weighted by Crippen LogP contribution is -2.31. The van der Waals surface area contributed by atoms with Crippen LogP contribution in [-0.2, 0) is 9.59 Å². The summed E-state index contributed by atoms with van der Waals surface area (Å²) in [6, 6.07) is 24.4. The zero-order valence-corrected chi connectivity index (χ0v) is 21.0. The van der Waals surface area contributed by atoms with Crippen molar-refractivity contribution in [2.45, 2.75) is 25.8 Å². The molecule has 0 bridgehead atoms. The van der Waals surface area contributed by atoms with Crippen molar-refractivity contribution in [1.82, 2.24) is 4.90 Å². The van der Waals surface area contributed by atoms with E-state index in [9.17, 15) is 9.59 Å². The van der Waals surface area contributed by atoms with Crippen molar-refractivity contribution in [3.8, 4) is 6.07 Å². The molecule has 0 radical (unpaired) electrons. The number of nitriles is 1. The van der Waals surface area contributed by atoms with Crippen molar-refractivity contribution in [2.24, 2.45) is 5.92 Å². The number of hydrogen-bond acceptors (Lipinski definition) is 5. The van der Waals surface area contributed by atoms with Gasteiger partial charge in [0.05, 0.1) is 28.9 Å². The van der Waals surface area contributed by atoms with Crippen LogP contribution in [0, 0.1) is 17.2 Å². The molecule has 0 spiro atoms. The first-order valence-corrected chi connectivity index (χ1v) is 12.3. The van der Waals surface area contributed by atoms with Crippen molar-refractivity contribution in [1.29, 1.82) is 5.26 Å². The van der Waals surface area contributed by atoms with Gasteiger partial charge in [-0.15, -0.1) is 0 Å². The van der Waals surface area contributed by atoms with Gasteiger partial charge in [0, 0.05) is 36.8 Å². The smallest absolute Gasteiger partial charge is 0.248 e. The molecule has 1 heterocycles. The third-order valence-electron chi connectivity index (χ3n) is 6.71. The fraction of sp³-hybridized carbons (Fsp3) is 0.233. The molecule has 0 aliphatic carbocycles. The molecule has 4 N–H and O–H groups in total. The number of nitrogens with zero attached hydrogens (tertiary/aromatic N) is 2. The number of hydrogen-bond donors (Lipinski definition) is 3. The monoisotopic (exact) mass is 493 g/mol. The van der Waals surface area contributed by atoms with E-state index in [2.05, 4.69) is 35.5 Å². The van der Waals surface area contributed by atoms with Gasteiger partial charge in [0.1, 0.15) is 0 Å². The SMILES string of the molecule is CC(C)N1CC(C(=O)Nc2ccc(C#N)cc2)C(c2ccc(C=CC(=O)Nc3ccccc3N)cc2)C1. The summed E-state index contributed by atoms with van der Waals surface area (Å²) in [6.07, 6.45) is 3.23. The molecule has 7 heteroatoms. The molecule has 2 amide bonds. The number of carbonyl (C=O) groups excluding carboxylic acids is 2. The minimum Gasteiger partial charge on any atom is -0.397 e. The van der Waals surface area contributed by atoms with Gasteiger partial charge in [-0.2, -0.15) is 5.26 Å². The lowest BCUT2D eigenvalue weighted by molar-refractivity contribution is -0.120. The number of para-hydroxylation sites is 2. The summed E-state index contributed by atoms with van der Waals surface area (Å²) in [5.74, 6) is -0.451. The summed E-state index contributed by atoms with van der Waals surface area (Å²) >= 11 is 0. The summed E-state index contributed by atoms with van der Waals surface area (Å²) in [5.41, 5.74) is 10.2. The van der Waals surface area contributed by atoms with E-state index in [-0.39, 0.29) is 23.7 Å². The third-order valence-corrected chi connectivity index (χ3v) is 6.71. The molecule has 0 aromatic heterocycles. The van der Waals surface area contributed by atoms with Gasteiger partial charge in [-0.3, -0.25) is 14.5 Å². The first-order valence-electron chi connectivity index (χ1n) is 12.3. The van der Waals surface area contributed by atoms with Gasteiger partial charge < -0.3 is 16.4 Å². The van der Waals surface area contributed by atoms with Crippen LogP contribution < -0.4 is 16.4 Å². The van der Waals surface area contributed by atoms with Gasteiger partial charge >= 0.3 is 0 Å². The van der Waals surface area contributed by atoms with Crippen LogP contribution >= 0.6 is 0 Å². The van der Waals surface area contributed by atoms with Crippen molar-refractivity contribution in [3.63, 3.8) is 0 Å². The lowest BCUT2D eigenvalue weighted by Gasteiger charge is -2.20. The number of rotatable bonds is 7. The van der Waals surface area contributed by atoms with E-state index in [1.807, 2.05) is 36.4 Å². The maximum Gasteiger partial charge on any atom is 0.248 e. The van der Waals surface area contributed by atoms with Crippen LogP contribution in [0.25, 0.3) is 6.08 Å². The largest absolute Gasteiger partial charge is 0.397 e. The van der Waals surface area contributed by atoms with Gasteiger partial charge in [-0.1, -0.05) is 36.4 Å². The molecule has 37 heavy (non-hydrogen) atoms. The Kier molecular flexibility index (Phi) is 8.02. The number of nitrogens with two attached hydrogens (primary N) is 1. The van der Waals surface area contributed by atoms with Gasteiger partial charge in [0.15, 0.2) is 0 Å². The molecule has 1 aliphatic rings. The Hall–Kier alpha value is -4.41. The first-order chi connectivity index (χ1) is 17.8. The second-order valence-electron chi connectivity index (χ2n) is 9.52. The first kappa shape index (κ1) is 25.7. The summed E-state index contributed by atoms with van der Waals surface area (Å²) in [6.45, 7) is 5.74. The van der Waals surface area contributed by atoms with E-state index >= 15 is 0 Å². The molecule has 188 valence electrons. The number of likely N-dealkylation sites (tertiary alicyclic amines) is 1. The molecule has 1 saturated heterocycles. The fourth-order valence-electron chi connectivity index (χ4n) is 4.53. The number of carbonyl (C=O) groups is 2. The van der Waals surface area contributed by atoms with E-state index in [0.717, 1.165) is 17.7 Å². The standard InChI is InChI=1S/C30H31N5O2/c1-20(2)35-18-25(26(19-35)30(37)33-24-14-9-22(17-31)10-15-24)23-12-7-21(8-13-23)11-16-29(36)34-28-6-4-3-5-27(28)32/h3-16,20,25-26H,18-19,32H2,1-2H3,(H,33,37)(H,34,36). The summed E-state index contributed by atoms with van der Waals surface area (Å²) in [5, 5.41) is 14.8. The summed E-state index contributed by atoms with van der Waals surface area (Å²) in [7, 11) is 0. The lowest BCUT2D eigenvalue weighted by atomic mass is 9.88. The highest BCUT2D eigenvalue weighted by atomic mass is 16.2. The summed E-state index contributed by atoms with van der Waals surface area (Å²) in [4.78, 5) is 27.9. The van der Waals surface area contributed by atoms with Crippen LogP contribution in [0.5, 0.6) is 0 Å². The summed E-state index contributed by atoms with van der Waals surface area (Å²) < 4.78 is 0. The molecule has 2 unspecified atom stereocenters. The molecule has 1 fully saturated rings. The Morgan fingerprint density at radius 3 is 2.35 bits per heavy atom. The van der Waals surface area contributed by atoms with E-state index in [1.54, 1.807) is 42.5 Å². The van der Waals surface area contributed by atoms with E-state index in [0.29, 0.717) is 35.2 Å². The number of nitrogens with one attached hydrogen (secondary N) is 2. The van der Waals surface area contributed by atoms with Crippen molar-refractivity contribution < 1.29 is 9.59 Å². The highest BCUT2D eigenvalue weighted by Crippen LogP contribution is 2.35. The van der Waals surface area contributed by atoms with Crippen molar-refractivity contribution in [2.75, 3.05) is 29.5 Å². The molecular formula is C30H31N5O2. The normalized spacial score (nSPS) is 17.6. The van der Waals surface area contributed by atoms with Gasteiger partial charge in [-0.25, -0.2) is 0 Å². The molecule has 3 aromatic carbocycles. The Labute approximate surface area is 217 Å². The van der Waals surface area contributed by atoms with Crippen LogP contribution in [0.1, 0.15) is 36.5 Å². The maximum absolute atomic E-state index is 13.3. The Balaban J connectivity index is 1.45. The Bertz CT molecular complexity index is 1320. The quantitative estimate of drug-likeness (QED) is 0.322. The number of benzene rings is 3. The predicted molar refractivity (Wildman–Crippen MR) is 148 cm³/mol. The van der Waals surface area contributed by atoms with Crippen molar-refractivity contribution in [3.05, 3.63) is 95.6 Å². The van der Waals surface area contributed by atoms with Crippen LogP contribution in [0.2, 0.25) is 0 Å². The van der Waals surface area contributed by atoms with Crippen LogP contribution in [0.3, 0.4) is 0 Å². The highest BCUT2D eigenvalue weighted by Gasteiger charge is 2.39. The van der Waals surface area contributed by atoms with Gasteiger partial charge in [0.2, 0.25) is 11.8 Å². The molecule has 0 saturated carbocycles. The molecule has 1 aliphatic heterocycles. The second kappa shape index (κ2) is 11.5. The molecule has 3 aromatic rings.